The molecular formula is C22H27F3N4O2. The van der Waals surface area contributed by atoms with Crippen molar-refractivity contribution in [3.8, 4) is 5.75 Å². The van der Waals surface area contributed by atoms with E-state index in [2.05, 4.69) is 20.9 Å². The van der Waals surface area contributed by atoms with E-state index in [9.17, 15) is 18.0 Å². The Morgan fingerprint density at radius 1 is 1.06 bits per heavy atom. The lowest BCUT2D eigenvalue weighted by molar-refractivity contribution is -0.153. The molecule has 6 nitrogen and oxygen atoms in total. The van der Waals surface area contributed by atoms with Gasteiger partial charge in [0.15, 0.2) is 12.6 Å². The molecule has 1 amide bonds. The third-order valence-corrected chi connectivity index (χ3v) is 4.19. The molecule has 0 aliphatic heterocycles. The average Bonchev–Trinajstić information content (AvgIpc) is 2.75. The van der Waals surface area contributed by atoms with E-state index in [1.807, 2.05) is 25.1 Å². The van der Waals surface area contributed by atoms with Gasteiger partial charge in [-0.2, -0.15) is 13.2 Å². The lowest BCUT2D eigenvalue weighted by Gasteiger charge is -2.12. The Bertz CT molecular complexity index is 885. The second kappa shape index (κ2) is 11.8. The van der Waals surface area contributed by atoms with Crippen LogP contribution in [0.5, 0.6) is 5.75 Å². The highest BCUT2D eigenvalue weighted by molar-refractivity contribution is 5.94. The van der Waals surface area contributed by atoms with E-state index >= 15 is 0 Å². The number of hydrogen-bond donors (Lipinski definition) is 3. The van der Waals surface area contributed by atoms with E-state index in [1.165, 1.54) is 6.07 Å². The third-order valence-electron chi connectivity index (χ3n) is 4.19. The molecule has 0 aliphatic carbocycles. The maximum atomic E-state index is 12.3. The lowest BCUT2D eigenvalue weighted by atomic mass is 10.1. The van der Waals surface area contributed by atoms with Crippen LogP contribution in [0.3, 0.4) is 0 Å². The van der Waals surface area contributed by atoms with E-state index in [0.717, 1.165) is 11.1 Å². The Morgan fingerprint density at radius 3 is 2.52 bits per heavy atom. The van der Waals surface area contributed by atoms with Crippen LogP contribution < -0.4 is 20.7 Å². The summed E-state index contributed by atoms with van der Waals surface area (Å²) >= 11 is 0. The van der Waals surface area contributed by atoms with Crippen molar-refractivity contribution in [3.05, 3.63) is 65.2 Å². The second-order valence-electron chi connectivity index (χ2n) is 6.70. The molecule has 9 heteroatoms. The van der Waals surface area contributed by atoms with Gasteiger partial charge in [-0.15, -0.1) is 0 Å². The van der Waals surface area contributed by atoms with Crippen molar-refractivity contribution in [1.82, 2.24) is 16.0 Å². The first-order chi connectivity index (χ1) is 14.8. The molecule has 3 N–H and O–H groups in total. The summed E-state index contributed by atoms with van der Waals surface area (Å²) in [5.41, 5.74) is 2.35. The summed E-state index contributed by atoms with van der Waals surface area (Å²) in [7, 11) is 1.59. The first-order valence-electron chi connectivity index (χ1n) is 9.92. The zero-order valence-corrected chi connectivity index (χ0v) is 17.6. The fourth-order valence-electron chi connectivity index (χ4n) is 2.75. The van der Waals surface area contributed by atoms with Crippen LogP contribution in [-0.2, 0) is 13.0 Å². The Hall–Kier alpha value is -3.23. The van der Waals surface area contributed by atoms with Crippen LogP contribution in [0.15, 0.2) is 53.5 Å². The zero-order chi connectivity index (χ0) is 22.7. The van der Waals surface area contributed by atoms with Gasteiger partial charge in [-0.3, -0.25) is 4.79 Å². The van der Waals surface area contributed by atoms with Crippen molar-refractivity contribution >= 4 is 11.9 Å². The van der Waals surface area contributed by atoms with Crippen molar-refractivity contribution in [2.75, 3.05) is 26.7 Å². The van der Waals surface area contributed by atoms with Gasteiger partial charge in [-0.05, 0) is 48.7 Å². The molecule has 0 saturated carbocycles. The molecule has 0 bridgehead atoms. The third kappa shape index (κ3) is 8.98. The standard InChI is InChI=1S/C22H27F3N4O2/c1-3-27-21(28-11-10-16-6-4-8-18(12-16)20(30)26-2)29-14-17-7-5-9-19(13-17)31-15-22(23,24)25/h4-9,12-13H,3,10-11,14-15H2,1-2H3,(H,26,30)(H2,27,28,29). The number of aliphatic imine (C=N–C) groups is 1. The van der Waals surface area contributed by atoms with Crippen LogP contribution in [0.2, 0.25) is 0 Å². The Labute approximate surface area is 179 Å². The van der Waals surface area contributed by atoms with E-state index in [4.69, 9.17) is 4.74 Å². The summed E-state index contributed by atoms with van der Waals surface area (Å²) in [6.45, 7) is 2.15. The SMILES string of the molecule is CCNC(=NCc1cccc(OCC(F)(F)F)c1)NCCc1cccc(C(=O)NC)c1. The van der Waals surface area contributed by atoms with Crippen LogP contribution in [0.25, 0.3) is 0 Å². The highest BCUT2D eigenvalue weighted by Gasteiger charge is 2.28. The van der Waals surface area contributed by atoms with Crippen molar-refractivity contribution in [2.45, 2.75) is 26.1 Å². The number of carbonyl (C=O) groups excluding carboxylic acids is 1. The maximum absolute atomic E-state index is 12.3. The molecule has 168 valence electrons. The summed E-state index contributed by atoms with van der Waals surface area (Å²) in [6, 6.07) is 13.8. The highest BCUT2D eigenvalue weighted by atomic mass is 19.4. The van der Waals surface area contributed by atoms with E-state index < -0.39 is 12.8 Å². The van der Waals surface area contributed by atoms with Crippen LogP contribution >= 0.6 is 0 Å². The summed E-state index contributed by atoms with van der Waals surface area (Å²) < 4.78 is 41.7. The number of carbonyl (C=O) groups is 1. The minimum Gasteiger partial charge on any atom is -0.484 e. The van der Waals surface area contributed by atoms with E-state index in [-0.39, 0.29) is 18.2 Å². The van der Waals surface area contributed by atoms with Crippen LogP contribution in [0.4, 0.5) is 13.2 Å². The van der Waals surface area contributed by atoms with Gasteiger partial charge in [-0.25, -0.2) is 4.99 Å². The van der Waals surface area contributed by atoms with E-state index in [1.54, 1.807) is 31.3 Å². The average molecular weight is 436 g/mol. The topological polar surface area (TPSA) is 74.8 Å². The van der Waals surface area contributed by atoms with Crippen molar-refractivity contribution in [3.63, 3.8) is 0 Å². The number of nitrogens with zero attached hydrogens (tertiary/aromatic N) is 1. The van der Waals surface area contributed by atoms with Gasteiger partial charge in [-0.1, -0.05) is 24.3 Å². The van der Waals surface area contributed by atoms with Gasteiger partial charge in [0.1, 0.15) is 5.75 Å². The van der Waals surface area contributed by atoms with Gasteiger partial charge >= 0.3 is 6.18 Å². The number of amides is 1. The molecule has 0 aromatic heterocycles. The van der Waals surface area contributed by atoms with Crippen LogP contribution in [-0.4, -0.2) is 44.8 Å². The quantitative estimate of drug-likeness (QED) is 0.417. The minimum atomic E-state index is -4.38. The van der Waals surface area contributed by atoms with Crippen molar-refractivity contribution in [1.29, 1.82) is 0 Å². The predicted molar refractivity (Wildman–Crippen MR) is 114 cm³/mol. The Balaban J connectivity index is 1.93. The molecule has 0 spiro atoms. The minimum absolute atomic E-state index is 0.133. The van der Waals surface area contributed by atoms with Crippen molar-refractivity contribution < 1.29 is 22.7 Å². The fourth-order valence-corrected chi connectivity index (χ4v) is 2.75. The predicted octanol–water partition coefficient (Wildman–Crippen LogP) is 3.29. The van der Waals surface area contributed by atoms with Gasteiger partial charge in [0.2, 0.25) is 0 Å². The van der Waals surface area contributed by atoms with Gasteiger partial charge in [0.05, 0.1) is 6.54 Å². The lowest BCUT2D eigenvalue weighted by Crippen LogP contribution is -2.38. The molecule has 31 heavy (non-hydrogen) atoms. The Kier molecular flexibility index (Phi) is 9.17. The summed E-state index contributed by atoms with van der Waals surface area (Å²) in [5.74, 6) is 0.608. The first kappa shape index (κ1) is 24.0. The first-order valence-corrected chi connectivity index (χ1v) is 9.92. The largest absolute Gasteiger partial charge is 0.484 e. The number of hydrogen-bond acceptors (Lipinski definition) is 3. The molecule has 2 aromatic rings. The highest BCUT2D eigenvalue weighted by Crippen LogP contribution is 2.19. The molecule has 0 heterocycles. The Morgan fingerprint density at radius 2 is 1.81 bits per heavy atom. The number of ether oxygens (including phenoxy) is 1. The summed E-state index contributed by atoms with van der Waals surface area (Å²) in [4.78, 5) is 16.2. The fraction of sp³-hybridized carbons (Fsp3) is 0.364. The number of halogens is 3. The van der Waals surface area contributed by atoms with E-state index in [0.29, 0.717) is 31.0 Å². The number of alkyl halides is 3. The zero-order valence-electron chi connectivity index (χ0n) is 17.6. The molecule has 0 saturated heterocycles. The number of rotatable bonds is 9. The molecule has 2 rings (SSSR count). The number of guanidine groups is 1. The number of nitrogens with one attached hydrogen (secondary N) is 3. The molecule has 0 atom stereocenters. The van der Waals surface area contributed by atoms with Gasteiger partial charge in [0, 0.05) is 25.7 Å². The smallest absolute Gasteiger partial charge is 0.422 e. The molecular weight excluding hydrogens is 409 g/mol. The van der Waals surface area contributed by atoms with Gasteiger partial charge < -0.3 is 20.7 Å². The molecule has 0 aliphatic rings. The summed E-state index contributed by atoms with van der Waals surface area (Å²) in [5, 5.41) is 8.96. The number of benzene rings is 2. The van der Waals surface area contributed by atoms with Crippen LogP contribution in [0.1, 0.15) is 28.4 Å². The molecule has 0 fully saturated rings. The normalized spacial score (nSPS) is 11.7. The van der Waals surface area contributed by atoms with Crippen LogP contribution in [0, 0.1) is 0 Å². The second-order valence-corrected chi connectivity index (χ2v) is 6.70. The molecule has 2 aromatic carbocycles. The van der Waals surface area contributed by atoms with Crippen molar-refractivity contribution in [2.24, 2.45) is 4.99 Å². The molecule has 0 unspecified atom stereocenters. The monoisotopic (exact) mass is 436 g/mol. The summed E-state index contributed by atoms with van der Waals surface area (Å²) in [6.07, 6.45) is -3.69. The van der Waals surface area contributed by atoms with Gasteiger partial charge in [0.25, 0.3) is 5.91 Å². The molecule has 0 radical (unpaired) electrons. The maximum Gasteiger partial charge on any atom is 0.422 e.